The molecule has 0 bridgehead atoms. The maximum Gasteiger partial charge on any atom is 0.317 e. The van der Waals surface area contributed by atoms with Crippen LogP contribution in [0.3, 0.4) is 0 Å². The van der Waals surface area contributed by atoms with E-state index in [1.165, 1.54) is 6.26 Å². The van der Waals surface area contributed by atoms with Gasteiger partial charge in [-0.2, -0.15) is 0 Å². The number of rotatable bonds is 9. The summed E-state index contributed by atoms with van der Waals surface area (Å²) in [7, 11) is -1.30. The average Bonchev–Trinajstić information content (AvgIpc) is 2.64. The van der Waals surface area contributed by atoms with E-state index >= 15 is 0 Å². The molecule has 2 aromatic carbocycles. The van der Waals surface area contributed by atoms with E-state index in [1.54, 1.807) is 24.1 Å². The van der Waals surface area contributed by atoms with Gasteiger partial charge in [-0.3, -0.25) is 0 Å². The van der Waals surface area contributed by atoms with E-state index in [1.807, 2.05) is 42.5 Å². The van der Waals surface area contributed by atoms with E-state index in [-0.39, 0.29) is 11.8 Å². The highest BCUT2D eigenvalue weighted by Gasteiger charge is 2.08. The van der Waals surface area contributed by atoms with E-state index < -0.39 is 9.84 Å². The van der Waals surface area contributed by atoms with Crippen molar-refractivity contribution in [2.24, 2.45) is 0 Å². The smallest absolute Gasteiger partial charge is 0.317 e. The maximum absolute atomic E-state index is 12.1. The number of hydrogen-bond acceptors (Lipinski definition) is 4. The van der Waals surface area contributed by atoms with Crippen molar-refractivity contribution in [2.45, 2.75) is 18.7 Å². The van der Waals surface area contributed by atoms with Gasteiger partial charge in [0.1, 0.15) is 5.75 Å². The number of urea groups is 1. The highest BCUT2D eigenvalue weighted by molar-refractivity contribution is 7.89. The lowest BCUT2D eigenvalue weighted by atomic mass is 10.1. The lowest BCUT2D eigenvalue weighted by molar-refractivity contribution is 0.203. The van der Waals surface area contributed by atoms with Crippen molar-refractivity contribution in [3.63, 3.8) is 0 Å². The zero-order chi connectivity index (χ0) is 19.7. The van der Waals surface area contributed by atoms with Crippen LogP contribution in [0.1, 0.15) is 17.5 Å². The summed E-state index contributed by atoms with van der Waals surface area (Å²) in [6, 6.07) is 16.6. The Morgan fingerprint density at radius 1 is 1.04 bits per heavy atom. The van der Waals surface area contributed by atoms with Crippen molar-refractivity contribution in [1.29, 1.82) is 0 Å². The summed E-state index contributed by atoms with van der Waals surface area (Å²) < 4.78 is 28.2. The Morgan fingerprint density at radius 2 is 1.67 bits per heavy atom. The third-order valence-corrected chi connectivity index (χ3v) is 4.75. The molecule has 6 nitrogen and oxygen atoms in total. The lowest BCUT2D eigenvalue weighted by Crippen LogP contribution is -2.37. The Kier molecular flexibility index (Phi) is 7.67. The fraction of sp³-hybridized carbons (Fsp3) is 0.350. The van der Waals surface area contributed by atoms with E-state index in [9.17, 15) is 13.2 Å². The van der Waals surface area contributed by atoms with Crippen LogP contribution in [0.15, 0.2) is 54.6 Å². The van der Waals surface area contributed by atoms with Gasteiger partial charge in [-0.1, -0.05) is 42.5 Å². The number of para-hydroxylation sites is 1. The molecule has 0 saturated carbocycles. The number of sulfone groups is 1. The summed E-state index contributed by atoms with van der Waals surface area (Å²) in [4.78, 5) is 13.7. The molecule has 0 radical (unpaired) electrons. The van der Waals surface area contributed by atoms with Crippen LogP contribution in [-0.4, -0.2) is 45.8 Å². The predicted octanol–water partition coefficient (Wildman–Crippen LogP) is 2.84. The molecule has 7 heteroatoms. The van der Waals surface area contributed by atoms with Gasteiger partial charge in [0.2, 0.25) is 0 Å². The molecule has 2 rings (SSSR count). The number of benzene rings is 2. The second kappa shape index (κ2) is 9.97. The molecule has 0 heterocycles. The number of ether oxygens (including phenoxy) is 1. The zero-order valence-corrected chi connectivity index (χ0v) is 16.5. The van der Waals surface area contributed by atoms with Gasteiger partial charge >= 0.3 is 6.03 Å². The fourth-order valence-corrected chi connectivity index (χ4v) is 3.28. The Labute approximate surface area is 161 Å². The van der Waals surface area contributed by atoms with Crippen LogP contribution in [0.25, 0.3) is 0 Å². The summed E-state index contributed by atoms with van der Waals surface area (Å²) in [6.45, 7) is 1.53. The van der Waals surface area contributed by atoms with Crippen LogP contribution in [-0.2, 0) is 22.1 Å². The first kappa shape index (κ1) is 20.8. The average molecular weight is 391 g/mol. The molecule has 0 fully saturated rings. The van der Waals surface area contributed by atoms with Crippen molar-refractivity contribution >= 4 is 15.9 Å². The van der Waals surface area contributed by atoms with Gasteiger partial charge in [0.15, 0.2) is 9.84 Å². The molecule has 0 aliphatic carbocycles. The topological polar surface area (TPSA) is 75.7 Å². The van der Waals surface area contributed by atoms with Crippen molar-refractivity contribution < 1.29 is 17.9 Å². The van der Waals surface area contributed by atoms with Gasteiger partial charge in [-0.05, 0) is 29.7 Å². The Morgan fingerprint density at radius 3 is 2.30 bits per heavy atom. The highest BCUT2D eigenvalue weighted by Crippen LogP contribution is 2.09. The van der Waals surface area contributed by atoms with Crippen molar-refractivity contribution in [3.8, 4) is 5.75 Å². The Bertz CT molecular complexity index is 821. The lowest BCUT2D eigenvalue weighted by Gasteiger charge is -2.18. The van der Waals surface area contributed by atoms with Crippen LogP contribution in [0.2, 0.25) is 0 Å². The van der Waals surface area contributed by atoms with Crippen molar-refractivity contribution in [3.05, 3.63) is 65.7 Å². The largest absolute Gasteiger partial charge is 0.494 e. The van der Waals surface area contributed by atoms with E-state index in [4.69, 9.17) is 4.74 Å². The number of nitrogens with zero attached hydrogens (tertiary/aromatic N) is 1. The number of hydrogen-bond donors (Lipinski definition) is 1. The van der Waals surface area contributed by atoms with Crippen molar-refractivity contribution in [2.75, 3.05) is 26.5 Å². The summed E-state index contributed by atoms with van der Waals surface area (Å²) in [5.74, 6) is 0.844. The Balaban J connectivity index is 1.68. The highest BCUT2D eigenvalue weighted by atomic mass is 32.2. The minimum atomic E-state index is -3.04. The molecule has 2 aromatic rings. The summed E-state index contributed by atoms with van der Waals surface area (Å²) >= 11 is 0. The molecule has 0 aromatic heterocycles. The van der Waals surface area contributed by atoms with Crippen LogP contribution < -0.4 is 10.1 Å². The second-order valence-corrected chi connectivity index (χ2v) is 8.62. The maximum atomic E-state index is 12.1. The summed E-state index contributed by atoms with van der Waals surface area (Å²) in [6.07, 6.45) is 1.95. The fourth-order valence-electron chi connectivity index (χ4n) is 2.48. The first-order valence-corrected chi connectivity index (χ1v) is 10.8. The molecular formula is C20H26N2O4S. The van der Waals surface area contributed by atoms with Gasteiger partial charge in [0.25, 0.3) is 0 Å². The number of carbonyl (C=O) groups excluding carboxylic acids is 1. The molecule has 1 N–H and O–H groups in total. The SMILES string of the molecule is CN(CCCOc1ccccc1)C(=O)NCc1ccc(CS(C)(=O)=O)cc1. The minimum Gasteiger partial charge on any atom is -0.494 e. The van der Waals surface area contributed by atoms with Gasteiger partial charge in [0, 0.05) is 26.4 Å². The molecule has 0 atom stereocenters. The van der Waals surface area contributed by atoms with Crippen molar-refractivity contribution in [1.82, 2.24) is 10.2 Å². The summed E-state index contributed by atoms with van der Waals surface area (Å²) in [5, 5.41) is 2.85. The van der Waals surface area contributed by atoms with Crippen LogP contribution in [0.5, 0.6) is 5.75 Å². The zero-order valence-electron chi connectivity index (χ0n) is 15.7. The van der Waals surface area contributed by atoms with Gasteiger partial charge in [-0.25, -0.2) is 13.2 Å². The Hall–Kier alpha value is -2.54. The van der Waals surface area contributed by atoms with E-state index in [0.717, 1.165) is 23.3 Å². The molecule has 0 spiro atoms. The van der Waals surface area contributed by atoms with Crippen LogP contribution in [0, 0.1) is 0 Å². The number of amides is 2. The first-order valence-electron chi connectivity index (χ1n) is 8.76. The minimum absolute atomic E-state index is 0.0213. The molecule has 146 valence electrons. The monoisotopic (exact) mass is 390 g/mol. The number of nitrogens with one attached hydrogen (secondary N) is 1. The quantitative estimate of drug-likeness (QED) is 0.668. The van der Waals surface area contributed by atoms with Gasteiger partial charge in [0.05, 0.1) is 12.4 Å². The molecule has 27 heavy (non-hydrogen) atoms. The molecule has 0 aliphatic rings. The summed E-state index contributed by atoms with van der Waals surface area (Å²) in [5.41, 5.74) is 1.66. The van der Waals surface area contributed by atoms with Gasteiger partial charge < -0.3 is 15.0 Å². The van der Waals surface area contributed by atoms with Crippen LogP contribution in [0.4, 0.5) is 4.79 Å². The van der Waals surface area contributed by atoms with E-state index in [0.29, 0.717) is 19.7 Å². The standard InChI is InChI=1S/C20H26N2O4S/c1-22(13-6-14-26-19-7-4-3-5-8-19)20(23)21-15-17-9-11-18(12-10-17)16-27(2,24)25/h3-5,7-12H,6,13-16H2,1-2H3,(H,21,23). The second-order valence-electron chi connectivity index (χ2n) is 6.48. The molecule has 2 amide bonds. The predicted molar refractivity (Wildman–Crippen MR) is 106 cm³/mol. The molecule has 0 aliphatic heterocycles. The molecule has 0 unspecified atom stereocenters. The van der Waals surface area contributed by atoms with E-state index in [2.05, 4.69) is 5.32 Å². The first-order chi connectivity index (χ1) is 12.8. The third-order valence-electron chi connectivity index (χ3n) is 3.89. The third kappa shape index (κ3) is 8.13. The number of carbonyl (C=O) groups is 1. The van der Waals surface area contributed by atoms with Gasteiger partial charge in [-0.15, -0.1) is 0 Å². The normalized spacial score (nSPS) is 11.0. The molecule has 0 saturated heterocycles. The van der Waals surface area contributed by atoms with Crippen LogP contribution >= 0.6 is 0 Å². The molecular weight excluding hydrogens is 364 g/mol.